The maximum Gasteiger partial charge on any atom is 0.194 e. The van der Waals surface area contributed by atoms with Gasteiger partial charge in [0, 0.05) is 17.1 Å². The van der Waals surface area contributed by atoms with Crippen molar-refractivity contribution in [2.75, 3.05) is 12.0 Å². The van der Waals surface area contributed by atoms with E-state index < -0.39 is 0 Å². The van der Waals surface area contributed by atoms with E-state index in [0.717, 1.165) is 44.7 Å². The molecule has 0 radical (unpaired) electrons. The normalized spacial score (nSPS) is 10.7. The Balaban J connectivity index is 1.47. The molecule has 5 aromatic carbocycles. The molecular weight excluding hydrogens is 454 g/mol. The highest BCUT2D eigenvalue weighted by Gasteiger charge is 2.12. The first-order chi connectivity index (χ1) is 18.2. The van der Waals surface area contributed by atoms with Gasteiger partial charge in [-0.25, -0.2) is 4.85 Å². The Labute approximate surface area is 216 Å². The number of anilines is 3. The molecule has 37 heavy (non-hydrogen) atoms. The predicted molar refractivity (Wildman–Crippen MR) is 152 cm³/mol. The van der Waals surface area contributed by atoms with Crippen molar-refractivity contribution in [3.63, 3.8) is 0 Å². The number of benzene rings is 5. The Morgan fingerprint density at radius 3 is 2.03 bits per heavy atom. The van der Waals surface area contributed by atoms with Gasteiger partial charge < -0.3 is 9.64 Å². The smallest absolute Gasteiger partial charge is 0.194 e. The maximum atomic E-state index is 9.65. The van der Waals surface area contributed by atoms with Crippen molar-refractivity contribution in [3.05, 3.63) is 137 Å². The molecule has 5 aromatic rings. The van der Waals surface area contributed by atoms with Crippen molar-refractivity contribution in [1.29, 1.82) is 5.26 Å². The molecule has 0 aliphatic carbocycles. The van der Waals surface area contributed by atoms with E-state index in [4.69, 9.17) is 11.3 Å². The monoisotopic (exact) mass is 477 g/mol. The van der Waals surface area contributed by atoms with Crippen LogP contribution in [0.25, 0.3) is 27.8 Å². The number of fused-ring (bicyclic) bond motifs is 1. The quantitative estimate of drug-likeness (QED) is 0.181. The first-order valence-electron chi connectivity index (χ1n) is 11.8. The molecule has 0 aliphatic heterocycles. The van der Waals surface area contributed by atoms with E-state index in [0.29, 0.717) is 11.3 Å². The summed E-state index contributed by atoms with van der Waals surface area (Å²) >= 11 is 0. The second-order valence-corrected chi connectivity index (χ2v) is 8.46. The number of ether oxygens (including phenoxy) is 1. The molecule has 0 N–H and O–H groups in total. The van der Waals surface area contributed by atoms with Gasteiger partial charge in [-0.1, -0.05) is 66.7 Å². The van der Waals surface area contributed by atoms with Crippen molar-refractivity contribution in [3.8, 4) is 11.8 Å². The Morgan fingerprint density at radius 2 is 1.38 bits per heavy atom. The van der Waals surface area contributed by atoms with Gasteiger partial charge >= 0.3 is 0 Å². The molecule has 0 amide bonds. The van der Waals surface area contributed by atoms with Gasteiger partial charge in [-0.2, -0.15) is 5.26 Å². The fourth-order valence-electron chi connectivity index (χ4n) is 4.36. The molecule has 4 heteroatoms. The lowest BCUT2D eigenvalue weighted by atomic mass is 9.99. The molecule has 0 saturated heterocycles. The molecule has 0 spiro atoms. The Kier molecular flexibility index (Phi) is 6.66. The Hall–Kier alpha value is -5.32. The largest absolute Gasteiger partial charge is 0.497 e. The molecule has 0 atom stereocenters. The number of hydrogen-bond acceptors (Lipinski definition) is 3. The van der Waals surface area contributed by atoms with Gasteiger partial charge in [0.2, 0.25) is 0 Å². The molecule has 5 rings (SSSR count). The van der Waals surface area contributed by atoms with Crippen LogP contribution in [-0.2, 0) is 0 Å². The number of para-hydroxylation sites is 1. The minimum Gasteiger partial charge on any atom is -0.497 e. The van der Waals surface area contributed by atoms with Crippen molar-refractivity contribution in [2.24, 2.45) is 0 Å². The molecule has 4 nitrogen and oxygen atoms in total. The first kappa shape index (κ1) is 23.4. The van der Waals surface area contributed by atoms with Crippen LogP contribution >= 0.6 is 0 Å². The summed E-state index contributed by atoms with van der Waals surface area (Å²) in [7, 11) is 1.67. The second-order valence-electron chi connectivity index (χ2n) is 8.46. The van der Waals surface area contributed by atoms with Crippen molar-refractivity contribution in [2.45, 2.75) is 0 Å². The van der Waals surface area contributed by atoms with Gasteiger partial charge in [0.25, 0.3) is 0 Å². The summed E-state index contributed by atoms with van der Waals surface area (Å²) < 4.78 is 5.33. The first-order valence-corrected chi connectivity index (χ1v) is 11.8. The lowest BCUT2D eigenvalue weighted by molar-refractivity contribution is 0.415. The zero-order chi connectivity index (χ0) is 25.6. The number of nitrogens with zero attached hydrogens (tertiary/aromatic N) is 3. The summed E-state index contributed by atoms with van der Waals surface area (Å²) in [6.07, 6.45) is 4.00. The van der Waals surface area contributed by atoms with Gasteiger partial charge in [0.15, 0.2) is 5.69 Å². The van der Waals surface area contributed by atoms with Crippen molar-refractivity contribution < 1.29 is 4.74 Å². The fraction of sp³-hybridized carbons (Fsp3) is 0.0303. The predicted octanol–water partition coefficient (Wildman–Crippen LogP) is 8.91. The molecule has 0 aromatic heterocycles. The number of rotatable bonds is 6. The third-order valence-electron chi connectivity index (χ3n) is 6.20. The van der Waals surface area contributed by atoms with E-state index >= 15 is 0 Å². The molecule has 0 bridgehead atoms. The average Bonchev–Trinajstić information content (AvgIpc) is 2.97. The average molecular weight is 478 g/mol. The highest BCUT2D eigenvalue weighted by atomic mass is 16.5. The fourth-order valence-corrected chi connectivity index (χ4v) is 4.36. The Morgan fingerprint density at radius 1 is 0.730 bits per heavy atom. The summed E-state index contributed by atoms with van der Waals surface area (Å²) in [5.41, 5.74) is 6.16. The van der Waals surface area contributed by atoms with E-state index in [-0.39, 0.29) is 0 Å². The standard InChI is InChI=1S/C33H23N3O/c1-35-33-10-6-9-31-26(23-34)21-25(22-32(31)33)12-11-24-13-15-28(16-14-24)36(27-7-4-3-5-8-27)29-17-19-30(37-2)20-18-29/h3-22H,2H3/b12-11+. The van der Waals surface area contributed by atoms with Crippen LogP contribution < -0.4 is 9.64 Å². The van der Waals surface area contributed by atoms with E-state index in [2.05, 4.69) is 52.2 Å². The molecular formula is C33H23N3O. The summed E-state index contributed by atoms with van der Waals surface area (Å²) in [6.45, 7) is 7.47. The highest BCUT2D eigenvalue weighted by molar-refractivity contribution is 5.99. The minimum absolute atomic E-state index is 0.549. The third kappa shape index (κ3) is 4.91. The summed E-state index contributed by atoms with van der Waals surface area (Å²) in [5, 5.41) is 11.2. The molecule has 0 saturated carbocycles. The molecule has 0 unspecified atom stereocenters. The highest BCUT2D eigenvalue weighted by Crippen LogP contribution is 2.35. The number of nitriles is 1. The molecule has 0 heterocycles. The van der Waals surface area contributed by atoms with E-state index in [1.807, 2.05) is 78.9 Å². The van der Waals surface area contributed by atoms with E-state index in [9.17, 15) is 5.26 Å². The minimum atomic E-state index is 0.549. The van der Waals surface area contributed by atoms with Crippen LogP contribution in [0.15, 0.2) is 109 Å². The van der Waals surface area contributed by atoms with Crippen molar-refractivity contribution in [1.82, 2.24) is 0 Å². The molecule has 176 valence electrons. The topological polar surface area (TPSA) is 40.6 Å². The van der Waals surface area contributed by atoms with Crippen LogP contribution in [0.4, 0.5) is 22.7 Å². The zero-order valence-corrected chi connectivity index (χ0v) is 20.3. The summed E-state index contributed by atoms with van der Waals surface area (Å²) in [6, 6.07) is 38.2. The van der Waals surface area contributed by atoms with Crippen LogP contribution in [0.2, 0.25) is 0 Å². The van der Waals surface area contributed by atoms with E-state index in [1.54, 1.807) is 13.2 Å². The second kappa shape index (κ2) is 10.5. The van der Waals surface area contributed by atoms with Crippen LogP contribution in [0.5, 0.6) is 5.75 Å². The van der Waals surface area contributed by atoms with Crippen LogP contribution in [0.3, 0.4) is 0 Å². The molecule has 0 fully saturated rings. The Bertz CT molecular complexity index is 1660. The van der Waals surface area contributed by atoms with Gasteiger partial charge in [0.1, 0.15) is 5.75 Å². The number of methoxy groups -OCH3 is 1. The third-order valence-corrected chi connectivity index (χ3v) is 6.20. The van der Waals surface area contributed by atoms with Crippen LogP contribution in [0.1, 0.15) is 16.7 Å². The van der Waals surface area contributed by atoms with Gasteiger partial charge in [-0.3, -0.25) is 0 Å². The van der Waals surface area contributed by atoms with Gasteiger partial charge in [0.05, 0.1) is 25.3 Å². The summed E-state index contributed by atoms with van der Waals surface area (Å²) in [4.78, 5) is 5.82. The summed E-state index contributed by atoms with van der Waals surface area (Å²) in [5.74, 6) is 0.814. The molecule has 0 aliphatic rings. The van der Waals surface area contributed by atoms with Gasteiger partial charge in [-0.05, 0) is 76.5 Å². The lowest BCUT2D eigenvalue weighted by Gasteiger charge is -2.25. The number of hydrogen-bond donors (Lipinski definition) is 0. The van der Waals surface area contributed by atoms with Crippen LogP contribution in [0, 0.1) is 17.9 Å². The SMILES string of the molecule is [C-]#[N+]c1cccc2c(C#N)cc(/C=C/c3ccc(N(c4ccccc4)c4ccc(OC)cc4)cc3)cc12. The van der Waals surface area contributed by atoms with Crippen molar-refractivity contribution >= 4 is 45.7 Å². The van der Waals surface area contributed by atoms with E-state index in [1.165, 1.54) is 0 Å². The lowest BCUT2D eigenvalue weighted by Crippen LogP contribution is -2.09. The zero-order valence-electron chi connectivity index (χ0n) is 20.3. The van der Waals surface area contributed by atoms with Gasteiger partial charge in [-0.15, -0.1) is 0 Å². The maximum absolute atomic E-state index is 9.65. The van der Waals surface area contributed by atoms with Crippen LogP contribution in [-0.4, -0.2) is 7.11 Å².